The van der Waals surface area contributed by atoms with Gasteiger partial charge in [0.05, 0.1) is 19.3 Å². The van der Waals surface area contributed by atoms with Crippen LogP contribution in [0.15, 0.2) is 0 Å². The van der Waals surface area contributed by atoms with Crippen LogP contribution in [-0.4, -0.2) is 54.1 Å². The molecule has 1 aliphatic heterocycles. The third-order valence-electron chi connectivity index (χ3n) is 2.28. The second-order valence-corrected chi connectivity index (χ2v) is 4.94. The Bertz CT molecular complexity index is 237. The Hall–Kier alpha value is -0.810. The van der Waals surface area contributed by atoms with E-state index in [4.69, 9.17) is 9.47 Å². The minimum Gasteiger partial charge on any atom is -0.444 e. The van der Waals surface area contributed by atoms with Crippen LogP contribution >= 0.6 is 0 Å². The third-order valence-corrected chi connectivity index (χ3v) is 2.28. The summed E-state index contributed by atoms with van der Waals surface area (Å²) in [6.07, 6.45) is 0.396. The molecule has 0 aromatic carbocycles. The molecular formula is C11H21NO4. The molecular weight excluding hydrogens is 210 g/mol. The SMILES string of the molecule is CC(C)(C)OC(=O)N1CCCOC[C@H]1CO. The van der Waals surface area contributed by atoms with Crippen molar-refractivity contribution in [1.82, 2.24) is 4.90 Å². The quantitative estimate of drug-likeness (QED) is 0.731. The minimum atomic E-state index is -0.510. The van der Waals surface area contributed by atoms with Crippen LogP contribution < -0.4 is 0 Å². The molecule has 0 aromatic rings. The van der Waals surface area contributed by atoms with Gasteiger partial charge in [0.15, 0.2) is 0 Å². The molecule has 0 saturated carbocycles. The predicted octanol–water partition coefficient (Wildman–Crippen LogP) is 1.00. The molecule has 1 N–H and O–H groups in total. The summed E-state index contributed by atoms with van der Waals surface area (Å²) in [6.45, 7) is 6.94. The molecule has 0 spiro atoms. The van der Waals surface area contributed by atoms with Gasteiger partial charge in [-0.25, -0.2) is 4.79 Å². The number of aliphatic hydroxyl groups is 1. The van der Waals surface area contributed by atoms with Crippen molar-refractivity contribution in [2.45, 2.75) is 38.8 Å². The normalized spacial score (nSPS) is 22.8. The molecule has 94 valence electrons. The summed E-state index contributed by atoms with van der Waals surface area (Å²) in [4.78, 5) is 13.4. The van der Waals surface area contributed by atoms with E-state index >= 15 is 0 Å². The summed E-state index contributed by atoms with van der Waals surface area (Å²) in [6, 6.07) is -0.294. The van der Waals surface area contributed by atoms with Gasteiger partial charge in [-0.3, -0.25) is 0 Å². The fraction of sp³-hybridized carbons (Fsp3) is 0.909. The Morgan fingerprint density at radius 1 is 1.56 bits per heavy atom. The number of carbonyl (C=O) groups excluding carboxylic acids is 1. The van der Waals surface area contributed by atoms with E-state index in [0.717, 1.165) is 6.42 Å². The number of amides is 1. The largest absolute Gasteiger partial charge is 0.444 e. The minimum absolute atomic E-state index is 0.0980. The van der Waals surface area contributed by atoms with Crippen molar-refractivity contribution in [3.05, 3.63) is 0 Å². The van der Waals surface area contributed by atoms with Crippen LogP contribution in [0.5, 0.6) is 0 Å². The predicted molar refractivity (Wildman–Crippen MR) is 59.2 cm³/mol. The molecule has 1 heterocycles. The fourth-order valence-electron chi connectivity index (χ4n) is 1.54. The molecule has 0 aromatic heterocycles. The lowest BCUT2D eigenvalue weighted by molar-refractivity contribution is 0.00333. The van der Waals surface area contributed by atoms with Gasteiger partial charge >= 0.3 is 6.09 Å². The van der Waals surface area contributed by atoms with E-state index in [2.05, 4.69) is 0 Å². The second-order valence-electron chi connectivity index (χ2n) is 4.94. The zero-order valence-corrected chi connectivity index (χ0v) is 10.2. The summed E-state index contributed by atoms with van der Waals surface area (Å²) in [7, 11) is 0. The Balaban J connectivity index is 2.63. The van der Waals surface area contributed by atoms with Crippen LogP contribution in [0.3, 0.4) is 0 Å². The molecule has 5 nitrogen and oxygen atoms in total. The molecule has 0 radical (unpaired) electrons. The van der Waals surface area contributed by atoms with E-state index in [1.54, 1.807) is 4.90 Å². The molecule has 1 aliphatic rings. The number of nitrogens with zero attached hydrogens (tertiary/aromatic N) is 1. The lowest BCUT2D eigenvalue weighted by atomic mass is 10.2. The van der Waals surface area contributed by atoms with Gasteiger partial charge in [-0.1, -0.05) is 0 Å². The van der Waals surface area contributed by atoms with Gasteiger partial charge < -0.3 is 19.5 Å². The van der Waals surface area contributed by atoms with Crippen LogP contribution in [0, 0.1) is 0 Å². The number of hydrogen-bond donors (Lipinski definition) is 1. The highest BCUT2D eigenvalue weighted by molar-refractivity contribution is 5.68. The highest BCUT2D eigenvalue weighted by Gasteiger charge is 2.29. The van der Waals surface area contributed by atoms with Gasteiger partial charge in [0.25, 0.3) is 0 Å². The fourth-order valence-corrected chi connectivity index (χ4v) is 1.54. The first-order valence-electron chi connectivity index (χ1n) is 5.62. The van der Waals surface area contributed by atoms with Crippen molar-refractivity contribution in [2.24, 2.45) is 0 Å². The molecule has 0 aliphatic carbocycles. The smallest absolute Gasteiger partial charge is 0.410 e. The molecule has 0 unspecified atom stereocenters. The Morgan fingerprint density at radius 2 is 2.25 bits per heavy atom. The Morgan fingerprint density at radius 3 is 2.81 bits per heavy atom. The van der Waals surface area contributed by atoms with E-state index in [1.165, 1.54) is 0 Å². The van der Waals surface area contributed by atoms with Crippen LogP contribution in [0.2, 0.25) is 0 Å². The maximum absolute atomic E-state index is 11.9. The standard InChI is InChI=1S/C11H21NO4/c1-11(2,3)16-10(14)12-5-4-6-15-8-9(12)7-13/h9,13H,4-8H2,1-3H3/t9-/m1/s1. The van der Waals surface area contributed by atoms with Gasteiger partial charge in [0.2, 0.25) is 0 Å². The van der Waals surface area contributed by atoms with Gasteiger partial charge in [0, 0.05) is 13.2 Å². The number of hydrogen-bond acceptors (Lipinski definition) is 4. The van der Waals surface area contributed by atoms with Crippen molar-refractivity contribution in [2.75, 3.05) is 26.4 Å². The second kappa shape index (κ2) is 5.50. The Labute approximate surface area is 96.3 Å². The van der Waals surface area contributed by atoms with E-state index in [0.29, 0.717) is 19.8 Å². The number of rotatable bonds is 1. The zero-order chi connectivity index (χ0) is 12.2. The summed E-state index contributed by atoms with van der Waals surface area (Å²) < 4.78 is 10.6. The third kappa shape index (κ3) is 3.98. The van der Waals surface area contributed by atoms with Gasteiger partial charge in [0.1, 0.15) is 5.60 Å². The van der Waals surface area contributed by atoms with Crippen LogP contribution in [0.25, 0.3) is 0 Å². The highest BCUT2D eigenvalue weighted by atomic mass is 16.6. The van der Waals surface area contributed by atoms with E-state index < -0.39 is 5.60 Å². The number of aliphatic hydroxyl groups excluding tert-OH is 1. The van der Waals surface area contributed by atoms with Crippen molar-refractivity contribution in [3.8, 4) is 0 Å². The van der Waals surface area contributed by atoms with Gasteiger partial charge in [-0.05, 0) is 27.2 Å². The molecule has 1 fully saturated rings. The molecule has 1 amide bonds. The van der Waals surface area contributed by atoms with Crippen molar-refractivity contribution in [3.63, 3.8) is 0 Å². The molecule has 1 saturated heterocycles. The zero-order valence-electron chi connectivity index (χ0n) is 10.2. The molecule has 1 atom stereocenters. The topological polar surface area (TPSA) is 59.0 Å². The lowest BCUT2D eigenvalue weighted by Gasteiger charge is -2.30. The van der Waals surface area contributed by atoms with E-state index in [-0.39, 0.29) is 18.7 Å². The first kappa shape index (κ1) is 13.3. The highest BCUT2D eigenvalue weighted by Crippen LogP contribution is 2.14. The maximum atomic E-state index is 11.9. The number of carbonyl (C=O) groups is 1. The summed E-state index contributed by atoms with van der Waals surface area (Å²) in [5, 5.41) is 9.20. The first-order chi connectivity index (χ1) is 7.44. The number of ether oxygens (including phenoxy) is 2. The van der Waals surface area contributed by atoms with E-state index in [9.17, 15) is 9.90 Å². The van der Waals surface area contributed by atoms with Crippen molar-refractivity contribution >= 4 is 6.09 Å². The summed E-state index contributed by atoms with van der Waals surface area (Å²) in [5.74, 6) is 0. The molecule has 0 bridgehead atoms. The molecule has 16 heavy (non-hydrogen) atoms. The van der Waals surface area contributed by atoms with Gasteiger partial charge in [-0.15, -0.1) is 0 Å². The lowest BCUT2D eigenvalue weighted by Crippen LogP contribution is -2.46. The molecule has 5 heteroatoms. The van der Waals surface area contributed by atoms with Crippen molar-refractivity contribution in [1.29, 1.82) is 0 Å². The maximum Gasteiger partial charge on any atom is 0.410 e. The first-order valence-corrected chi connectivity index (χ1v) is 5.62. The average Bonchev–Trinajstić information content (AvgIpc) is 2.39. The van der Waals surface area contributed by atoms with E-state index in [1.807, 2.05) is 20.8 Å². The van der Waals surface area contributed by atoms with Gasteiger partial charge in [-0.2, -0.15) is 0 Å². The summed E-state index contributed by atoms with van der Waals surface area (Å²) in [5.41, 5.74) is -0.510. The summed E-state index contributed by atoms with van der Waals surface area (Å²) >= 11 is 0. The average molecular weight is 231 g/mol. The monoisotopic (exact) mass is 231 g/mol. The van der Waals surface area contributed by atoms with Crippen molar-refractivity contribution < 1.29 is 19.4 Å². The van der Waals surface area contributed by atoms with Crippen LogP contribution in [-0.2, 0) is 9.47 Å². The Kier molecular flexibility index (Phi) is 4.56. The van der Waals surface area contributed by atoms with Crippen LogP contribution in [0.4, 0.5) is 4.79 Å². The molecule has 1 rings (SSSR count). The van der Waals surface area contributed by atoms with Crippen LogP contribution in [0.1, 0.15) is 27.2 Å².